The van der Waals surface area contributed by atoms with Crippen LogP contribution in [-0.2, 0) is 23.5 Å². The number of hydrogen-bond acceptors (Lipinski definition) is 5. The Balaban J connectivity index is 1.37. The lowest BCUT2D eigenvalue weighted by atomic mass is 9.89. The summed E-state index contributed by atoms with van der Waals surface area (Å²) in [7, 11) is 0. The molecule has 1 aromatic heterocycles. The zero-order valence-corrected chi connectivity index (χ0v) is 19.4. The number of halogens is 7. The van der Waals surface area contributed by atoms with Crippen molar-refractivity contribution in [2.24, 2.45) is 5.16 Å². The van der Waals surface area contributed by atoms with Crippen LogP contribution in [0.4, 0.5) is 22.0 Å². The van der Waals surface area contributed by atoms with Crippen LogP contribution in [0.25, 0.3) is 0 Å². The second-order valence-electron chi connectivity index (χ2n) is 8.69. The summed E-state index contributed by atoms with van der Waals surface area (Å²) in [6.45, 7) is 0.684. The molecule has 3 aliphatic rings. The van der Waals surface area contributed by atoms with E-state index in [2.05, 4.69) is 10.1 Å². The first kappa shape index (κ1) is 24.1. The Bertz CT molecular complexity index is 1220. The smallest absolute Gasteiger partial charge is 0.372 e. The molecule has 6 nitrogen and oxygen atoms in total. The van der Waals surface area contributed by atoms with E-state index in [-0.39, 0.29) is 37.6 Å². The molecule has 0 aliphatic carbocycles. The number of rotatable bonds is 2. The van der Waals surface area contributed by atoms with Gasteiger partial charge in [-0.25, -0.2) is 8.78 Å². The average molecular weight is 535 g/mol. The Morgan fingerprint density at radius 3 is 2.46 bits per heavy atom. The monoisotopic (exact) mass is 534 g/mol. The lowest BCUT2D eigenvalue weighted by molar-refractivity contribution is -0.275. The molecule has 1 saturated heterocycles. The first-order valence-electron chi connectivity index (χ1n) is 10.6. The highest BCUT2D eigenvalue weighted by Crippen LogP contribution is 2.50. The zero-order chi connectivity index (χ0) is 25.1. The van der Waals surface area contributed by atoms with Gasteiger partial charge in [0.25, 0.3) is 11.5 Å². The summed E-state index contributed by atoms with van der Waals surface area (Å²) in [5, 5.41) is 2.58. The van der Waals surface area contributed by atoms with Crippen molar-refractivity contribution in [2.75, 3.05) is 13.1 Å². The molecular formula is C22H17Cl2F5N4O2. The van der Waals surface area contributed by atoms with Gasteiger partial charge in [0, 0.05) is 31.4 Å². The summed E-state index contributed by atoms with van der Waals surface area (Å²) in [6, 6.07) is 3.22. The van der Waals surface area contributed by atoms with Crippen molar-refractivity contribution >= 4 is 34.9 Å². The van der Waals surface area contributed by atoms with Gasteiger partial charge in [-0.05, 0) is 35.7 Å². The molecule has 0 N–H and O–H groups in total. The minimum absolute atomic E-state index is 0.00874. The van der Waals surface area contributed by atoms with Crippen molar-refractivity contribution in [3.63, 3.8) is 0 Å². The van der Waals surface area contributed by atoms with Crippen LogP contribution in [0.3, 0.4) is 0 Å². The second kappa shape index (κ2) is 8.48. The van der Waals surface area contributed by atoms with E-state index >= 15 is 0 Å². The molecule has 186 valence electrons. The SMILES string of the molecule is O=C(c1cc2c(cn1)CN(C1=NOC(c3cc(Cl)c(F)c(Cl)c3)(C(F)(F)F)C1)C2)N1CCC(F)C1. The molecule has 0 bridgehead atoms. The van der Waals surface area contributed by atoms with Crippen molar-refractivity contribution in [1.29, 1.82) is 0 Å². The van der Waals surface area contributed by atoms with E-state index in [0.29, 0.717) is 17.7 Å². The number of likely N-dealkylation sites (tertiary alicyclic amines) is 1. The number of carbonyl (C=O) groups excluding carboxylic acids is 1. The highest BCUT2D eigenvalue weighted by Gasteiger charge is 2.63. The van der Waals surface area contributed by atoms with Gasteiger partial charge in [0.2, 0.25) is 0 Å². The van der Waals surface area contributed by atoms with Crippen molar-refractivity contribution in [1.82, 2.24) is 14.8 Å². The maximum absolute atomic E-state index is 14.2. The van der Waals surface area contributed by atoms with E-state index in [1.807, 2.05) is 0 Å². The Morgan fingerprint density at radius 1 is 1.14 bits per heavy atom. The predicted octanol–water partition coefficient (Wildman–Crippen LogP) is 5.22. The number of alkyl halides is 4. The number of fused-ring (bicyclic) bond motifs is 1. The minimum atomic E-state index is -4.92. The summed E-state index contributed by atoms with van der Waals surface area (Å²) in [6.07, 6.45) is -4.91. The molecular weight excluding hydrogens is 518 g/mol. The predicted molar refractivity (Wildman–Crippen MR) is 116 cm³/mol. The maximum Gasteiger partial charge on any atom is 0.435 e. The van der Waals surface area contributed by atoms with E-state index < -0.39 is 51.7 Å². The fourth-order valence-electron chi connectivity index (χ4n) is 4.49. The Labute approximate surface area is 206 Å². The van der Waals surface area contributed by atoms with E-state index in [9.17, 15) is 26.7 Å². The van der Waals surface area contributed by atoms with Crippen molar-refractivity contribution in [2.45, 2.75) is 43.9 Å². The molecule has 0 spiro atoms. The largest absolute Gasteiger partial charge is 0.435 e. The number of pyridine rings is 1. The second-order valence-corrected chi connectivity index (χ2v) is 9.50. The summed E-state index contributed by atoms with van der Waals surface area (Å²) in [5.41, 5.74) is -1.81. The summed E-state index contributed by atoms with van der Waals surface area (Å²) in [4.78, 5) is 24.7. The highest BCUT2D eigenvalue weighted by atomic mass is 35.5. The number of amidine groups is 1. The summed E-state index contributed by atoms with van der Waals surface area (Å²) < 4.78 is 70.0. The Hall–Kier alpha value is -2.66. The average Bonchev–Trinajstić information content (AvgIpc) is 3.53. The topological polar surface area (TPSA) is 58.0 Å². The molecule has 0 saturated carbocycles. The van der Waals surface area contributed by atoms with Crippen LogP contribution in [0.15, 0.2) is 29.6 Å². The van der Waals surface area contributed by atoms with Crippen LogP contribution in [0.1, 0.15) is 40.0 Å². The van der Waals surface area contributed by atoms with Crippen molar-refractivity contribution < 1.29 is 31.6 Å². The van der Waals surface area contributed by atoms with E-state index in [1.165, 1.54) is 11.1 Å². The van der Waals surface area contributed by atoms with E-state index in [4.69, 9.17) is 28.0 Å². The van der Waals surface area contributed by atoms with Gasteiger partial charge in [-0.2, -0.15) is 13.2 Å². The number of aromatic nitrogens is 1. The van der Waals surface area contributed by atoms with Gasteiger partial charge in [0.05, 0.1) is 23.0 Å². The number of nitrogens with zero attached hydrogens (tertiary/aromatic N) is 4. The number of carbonyl (C=O) groups is 1. The first-order chi connectivity index (χ1) is 16.5. The van der Waals surface area contributed by atoms with Gasteiger partial charge >= 0.3 is 6.18 Å². The molecule has 13 heteroatoms. The summed E-state index contributed by atoms with van der Waals surface area (Å²) in [5.74, 6) is -1.41. The van der Waals surface area contributed by atoms with Gasteiger partial charge in [-0.3, -0.25) is 9.78 Å². The third-order valence-electron chi connectivity index (χ3n) is 6.43. The van der Waals surface area contributed by atoms with Crippen LogP contribution < -0.4 is 0 Å². The fourth-order valence-corrected chi connectivity index (χ4v) is 4.98. The molecule has 1 fully saturated rings. The lowest BCUT2D eigenvalue weighted by Crippen LogP contribution is -2.44. The number of oxime groups is 1. The van der Waals surface area contributed by atoms with Crippen LogP contribution in [-0.4, -0.2) is 52.0 Å². The van der Waals surface area contributed by atoms with Gasteiger partial charge in [0.15, 0.2) is 5.82 Å². The van der Waals surface area contributed by atoms with E-state index in [0.717, 1.165) is 12.1 Å². The lowest BCUT2D eigenvalue weighted by Gasteiger charge is -2.30. The minimum Gasteiger partial charge on any atom is -0.372 e. The number of hydrogen-bond donors (Lipinski definition) is 0. The third-order valence-corrected chi connectivity index (χ3v) is 6.98. The standard InChI is InChI=1S/C22H17Cl2F5N4O2/c23-15-4-13(5-16(24)19(15)26)21(22(27,28)29)6-18(31-35-21)33-8-11-3-17(30-7-12(11)9-33)20(34)32-2-1-14(25)10-32/h3-5,7,14H,1-2,6,8-10H2. The zero-order valence-electron chi connectivity index (χ0n) is 17.9. The van der Waals surface area contributed by atoms with Crippen LogP contribution in [0, 0.1) is 5.82 Å². The van der Waals surface area contributed by atoms with Gasteiger partial charge in [-0.15, -0.1) is 0 Å². The summed E-state index contributed by atoms with van der Waals surface area (Å²) >= 11 is 11.5. The normalized spacial score (nSPS) is 24.0. The Kier molecular flexibility index (Phi) is 5.83. The highest BCUT2D eigenvalue weighted by molar-refractivity contribution is 6.35. The molecule has 4 heterocycles. The van der Waals surface area contributed by atoms with Crippen LogP contribution >= 0.6 is 23.2 Å². The molecule has 3 aliphatic heterocycles. The molecule has 2 aromatic rings. The molecule has 5 rings (SSSR count). The van der Waals surface area contributed by atoms with Crippen molar-refractivity contribution in [3.05, 3.63) is 62.6 Å². The van der Waals surface area contributed by atoms with Crippen LogP contribution in [0.5, 0.6) is 0 Å². The van der Waals surface area contributed by atoms with E-state index in [1.54, 1.807) is 11.0 Å². The molecule has 1 amide bonds. The maximum atomic E-state index is 14.2. The number of benzene rings is 1. The molecule has 2 atom stereocenters. The van der Waals surface area contributed by atoms with Crippen LogP contribution in [0.2, 0.25) is 10.0 Å². The Morgan fingerprint density at radius 2 is 1.83 bits per heavy atom. The molecule has 0 radical (unpaired) electrons. The molecule has 1 aromatic carbocycles. The van der Waals surface area contributed by atoms with Gasteiger partial charge in [0.1, 0.15) is 17.7 Å². The van der Waals surface area contributed by atoms with Gasteiger partial charge in [-0.1, -0.05) is 28.4 Å². The van der Waals surface area contributed by atoms with Crippen molar-refractivity contribution in [3.8, 4) is 0 Å². The number of amides is 1. The van der Waals surface area contributed by atoms with Gasteiger partial charge < -0.3 is 14.6 Å². The molecule has 35 heavy (non-hydrogen) atoms. The third kappa shape index (κ3) is 4.08. The quantitative estimate of drug-likeness (QED) is 0.391. The first-order valence-corrected chi connectivity index (χ1v) is 11.4. The fraction of sp³-hybridized carbons (Fsp3) is 0.409. The molecule has 2 unspecified atom stereocenters.